The Morgan fingerprint density at radius 2 is 0.816 bits per heavy atom. The molecule has 0 saturated carbocycles. The Kier molecular flexibility index (Phi) is 13.5. The molecule has 6 aliphatic rings. The van der Waals surface area contributed by atoms with Gasteiger partial charge in [0.05, 0.1) is 11.5 Å². The van der Waals surface area contributed by atoms with Gasteiger partial charge in [-0.2, -0.15) is 0 Å². The van der Waals surface area contributed by atoms with Crippen LogP contribution < -0.4 is 4.90 Å². The Hall–Kier alpha value is -10.0. The molecule has 0 bridgehead atoms. The zero-order valence-electron chi connectivity index (χ0n) is 49.1. The summed E-state index contributed by atoms with van der Waals surface area (Å²) in [5.41, 5.74) is 30.8. The summed E-state index contributed by atoms with van der Waals surface area (Å²) in [5, 5.41) is 0. The first kappa shape index (κ1) is 52.5. The highest BCUT2D eigenvalue weighted by Gasteiger charge is 2.52. The molecule has 0 radical (unpaired) electrons. The van der Waals surface area contributed by atoms with E-state index in [0.717, 1.165) is 68.4 Å². The third kappa shape index (κ3) is 9.43. The van der Waals surface area contributed by atoms with E-state index in [9.17, 15) is 0 Å². The number of rotatable bonds is 12. The van der Waals surface area contributed by atoms with Crippen molar-refractivity contribution in [3.8, 4) is 44.5 Å². The van der Waals surface area contributed by atoms with E-state index in [2.05, 4.69) is 313 Å². The molecule has 0 amide bonds. The molecule has 2 unspecified atom stereocenters. The summed E-state index contributed by atoms with van der Waals surface area (Å²) in [5.74, 6) is 0.302. The van der Waals surface area contributed by atoms with Crippen LogP contribution in [0.5, 0.6) is 0 Å². The first-order chi connectivity index (χ1) is 43.1. The topological polar surface area (TPSA) is 6.48 Å². The van der Waals surface area contributed by atoms with Crippen molar-refractivity contribution in [2.75, 3.05) is 4.90 Å². The predicted octanol–water partition coefficient (Wildman–Crippen LogP) is 22.2. The fraction of sp³-hybridized carbons (Fsp3) is 0.129. The molecular formula is C85H68N2. The lowest BCUT2D eigenvalue weighted by atomic mass is 9.69. The summed E-state index contributed by atoms with van der Waals surface area (Å²) in [6.07, 6.45) is 30.1. The zero-order valence-corrected chi connectivity index (χ0v) is 49.1. The second-order valence-electron chi connectivity index (χ2n) is 24.3. The van der Waals surface area contributed by atoms with Crippen LogP contribution in [0.1, 0.15) is 102 Å². The van der Waals surface area contributed by atoms with E-state index >= 15 is 0 Å². The van der Waals surface area contributed by atoms with Gasteiger partial charge in [0.15, 0.2) is 0 Å². The van der Waals surface area contributed by atoms with Crippen LogP contribution in [0.4, 0.5) is 17.1 Å². The first-order valence-electron chi connectivity index (χ1n) is 31.5. The van der Waals surface area contributed by atoms with Crippen LogP contribution in [0.2, 0.25) is 0 Å². The molecule has 87 heavy (non-hydrogen) atoms. The average molecular weight is 1120 g/mol. The Balaban J connectivity index is 0.744. The van der Waals surface area contributed by atoms with Crippen LogP contribution in [-0.4, -0.2) is 10.9 Å². The lowest BCUT2D eigenvalue weighted by molar-refractivity contribution is 0.307. The second kappa shape index (κ2) is 22.4. The maximum absolute atomic E-state index is 2.72. The van der Waals surface area contributed by atoms with Gasteiger partial charge in [-0.3, -0.25) is 0 Å². The van der Waals surface area contributed by atoms with Crippen molar-refractivity contribution in [2.24, 2.45) is 0 Å². The van der Waals surface area contributed by atoms with Crippen LogP contribution in [0.25, 0.3) is 61.2 Å². The van der Waals surface area contributed by atoms with E-state index in [-0.39, 0.29) is 6.04 Å². The quantitative estimate of drug-likeness (QED) is 0.113. The van der Waals surface area contributed by atoms with Gasteiger partial charge in [0.2, 0.25) is 0 Å². The lowest BCUT2D eigenvalue weighted by Crippen LogP contribution is -2.35. The highest BCUT2D eigenvalue weighted by Crippen LogP contribution is 2.63. The molecule has 1 spiro atoms. The summed E-state index contributed by atoms with van der Waals surface area (Å²) in [6.45, 7) is 0. The van der Waals surface area contributed by atoms with Crippen molar-refractivity contribution in [1.29, 1.82) is 0 Å². The van der Waals surface area contributed by atoms with E-state index in [1.807, 2.05) is 0 Å². The van der Waals surface area contributed by atoms with E-state index < -0.39 is 5.41 Å². The molecule has 0 aromatic heterocycles. The van der Waals surface area contributed by atoms with Gasteiger partial charge < -0.3 is 9.80 Å². The molecule has 10 aromatic rings. The number of nitrogens with zero attached hydrogens (tertiary/aromatic N) is 2. The number of hydrogen-bond donors (Lipinski definition) is 0. The standard InChI is InChI=1S/C85H68N2/c1-5-17-59(18-6-1)63-29-43-71(44-30-63)86(72-45-31-64(32-46-72)60-19-7-2-8-20-60)75-51-37-67(38-52-75)69-41-55-79-80-56-42-70(58-84(80)85(83(79)57-69)81-27-15-13-25-77(81)78-26-14-16-28-82(78)85)68-39-53-76(54-40-68)87(73-47-33-65(34-48-73)61-21-9-3-10-22-61)74-49-35-66(36-50-74)62-23-11-4-12-24-62/h1-3,5-11,13-29,31,33-37,39-43,45,47-51,53-58,67,75H,4,12,30,32,38,44,46,52H2. The average Bonchev–Trinajstić information content (AvgIpc) is 1.53. The van der Waals surface area contributed by atoms with Crippen molar-refractivity contribution in [3.05, 3.63) is 359 Å². The van der Waals surface area contributed by atoms with E-state index in [0.29, 0.717) is 5.92 Å². The SMILES string of the molecule is C1=CC(c2ccc(N(c3ccc(-c4ccccc4)cc3)c3ccc(-c4ccc5c(c4)C4(c6ccccc6-c6ccccc64)c4cc(C6C=CC(N(C7=CC=C(c8ccccc8)CC7)C7=CC=C(c8ccccc8)CC7)CC6)ccc4-5)cc3)cc2)=CCC1. The minimum Gasteiger partial charge on any atom is -0.342 e. The molecule has 0 heterocycles. The summed E-state index contributed by atoms with van der Waals surface area (Å²) < 4.78 is 0. The molecular weight excluding hydrogens is 1050 g/mol. The molecule has 0 saturated heterocycles. The van der Waals surface area contributed by atoms with Crippen LogP contribution in [0, 0.1) is 0 Å². The molecule has 16 rings (SSSR count). The van der Waals surface area contributed by atoms with E-state index in [1.54, 1.807) is 0 Å². The summed E-state index contributed by atoms with van der Waals surface area (Å²) in [6, 6.07) is 93.5. The normalized spacial score (nSPS) is 17.6. The number of fused-ring (bicyclic) bond motifs is 10. The van der Waals surface area contributed by atoms with Gasteiger partial charge in [0.1, 0.15) is 0 Å². The summed E-state index contributed by atoms with van der Waals surface area (Å²) >= 11 is 0. The molecule has 2 nitrogen and oxygen atoms in total. The predicted molar refractivity (Wildman–Crippen MR) is 365 cm³/mol. The molecule has 10 aromatic carbocycles. The molecule has 0 N–H and O–H groups in total. The number of allylic oxidation sites excluding steroid dienone is 13. The third-order valence-corrected chi connectivity index (χ3v) is 19.5. The number of benzene rings is 10. The fourth-order valence-electron chi connectivity index (χ4n) is 15.2. The highest BCUT2D eigenvalue weighted by atomic mass is 15.2. The van der Waals surface area contributed by atoms with Gasteiger partial charge in [-0.25, -0.2) is 0 Å². The molecule has 2 atom stereocenters. The Morgan fingerprint density at radius 1 is 0.345 bits per heavy atom. The fourth-order valence-corrected chi connectivity index (χ4v) is 15.2. The van der Waals surface area contributed by atoms with Crippen molar-refractivity contribution >= 4 is 33.8 Å². The van der Waals surface area contributed by atoms with Crippen molar-refractivity contribution in [3.63, 3.8) is 0 Å². The van der Waals surface area contributed by atoms with E-state index in [4.69, 9.17) is 0 Å². The van der Waals surface area contributed by atoms with Gasteiger partial charge in [-0.05, 0) is 212 Å². The Bertz CT molecular complexity index is 4350. The number of anilines is 3. The minimum absolute atomic E-state index is 0.283. The lowest BCUT2D eigenvalue weighted by Gasteiger charge is -2.40. The van der Waals surface area contributed by atoms with Gasteiger partial charge in [0.25, 0.3) is 0 Å². The molecule has 6 aliphatic carbocycles. The van der Waals surface area contributed by atoms with Crippen molar-refractivity contribution < 1.29 is 0 Å². The highest BCUT2D eigenvalue weighted by molar-refractivity contribution is 5.96. The van der Waals surface area contributed by atoms with Gasteiger partial charge in [0, 0.05) is 34.4 Å². The number of hydrogen-bond acceptors (Lipinski definition) is 2. The smallest absolute Gasteiger partial charge is 0.0725 e. The maximum atomic E-state index is 2.72. The Morgan fingerprint density at radius 3 is 1.33 bits per heavy atom. The zero-order chi connectivity index (χ0) is 57.7. The monoisotopic (exact) mass is 1120 g/mol. The Labute approximate surface area is 513 Å². The summed E-state index contributed by atoms with van der Waals surface area (Å²) in [4.78, 5) is 5.12. The molecule has 0 aliphatic heterocycles. The van der Waals surface area contributed by atoms with Crippen LogP contribution in [0.3, 0.4) is 0 Å². The molecule has 2 heteroatoms. The van der Waals surface area contributed by atoms with E-state index in [1.165, 1.54) is 117 Å². The largest absolute Gasteiger partial charge is 0.342 e. The second-order valence-corrected chi connectivity index (χ2v) is 24.3. The van der Waals surface area contributed by atoms with Crippen LogP contribution >= 0.6 is 0 Å². The maximum Gasteiger partial charge on any atom is 0.0725 e. The van der Waals surface area contributed by atoms with Crippen LogP contribution in [0.15, 0.2) is 315 Å². The van der Waals surface area contributed by atoms with Gasteiger partial charge in [-0.1, -0.05) is 249 Å². The summed E-state index contributed by atoms with van der Waals surface area (Å²) in [7, 11) is 0. The molecule has 0 fully saturated rings. The van der Waals surface area contributed by atoms with Crippen LogP contribution in [-0.2, 0) is 5.41 Å². The van der Waals surface area contributed by atoms with Crippen molar-refractivity contribution in [1.82, 2.24) is 4.90 Å². The third-order valence-electron chi connectivity index (χ3n) is 19.5. The van der Waals surface area contributed by atoms with Gasteiger partial charge in [-0.15, -0.1) is 0 Å². The first-order valence-corrected chi connectivity index (χ1v) is 31.5. The minimum atomic E-state index is -0.473. The van der Waals surface area contributed by atoms with Gasteiger partial charge >= 0.3 is 0 Å². The van der Waals surface area contributed by atoms with Crippen molar-refractivity contribution in [2.45, 2.75) is 68.7 Å². The molecule has 418 valence electrons.